The molecule has 1 atom stereocenters. The molecule has 1 unspecified atom stereocenters. The van der Waals surface area contributed by atoms with E-state index >= 15 is 0 Å². The van der Waals surface area contributed by atoms with Crippen molar-refractivity contribution in [3.8, 4) is 5.69 Å². The average molecular weight is 439 g/mol. The fraction of sp³-hybridized carbons (Fsp3) is 0.250. The normalized spacial score (nSPS) is 12.8. The van der Waals surface area contributed by atoms with Gasteiger partial charge in [0.15, 0.2) is 11.4 Å². The SMILES string of the molecule is CN(C)C(CNC(=O)c1nnn(-c2cccc(F)c2)c1C(F)(F)F)c1cccc(F)c1. The predicted molar refractivity (Wildman–Crippen MR) is 101 cm³/mol. The molecule has 1 N–H and O–H groups in total. The van der Waals surface area contributed by atoms with Crippen molar-refractivity contribution in [2.24, 2.45) is 0 Å². The third-order valence-corrected chi connectivity index (χ3v) is 4.52. The molecule has 0 spiro atoms. The minimum atomic E-state index is -4.98. The summed E-state index contributed by atoms with van der Waals surface area (Å²) in [6, 6.07) is 9.50. The average Bonchev–Trinajstić information content (AvgIpc) is 3.14. The summed E-state index contributed by atoms with van der Waals surface area (Å²) in [6.07, 6.45) is -4.98. The zero-order chi connectivity index (χ0) is 22.8. The first-order valence-corrected chi connectivity index (χ1v) is 9.07. The van der Waals surface area contributed by atoms with Gasteiger partial charge in [0, 0.05) is 6.54 Å². The van der Waals surface area contributed by atoms with E-state index in [1.165, 1.54) is 30.3 Å². The number of hydrogen-bond acceptors (Lipinski definition) is 4. The number of nitrogens with one attached hydrogen (secondary N) is 1. The van der Waals surface area contributed by atoms with E-state index in [4.69, 9.17) is 0 Å². The van der Waals surface area contributed by atoms with E-state index in [2.05, 4.69) is 15.6 Å². The molecular weight excluding hydrogens is 421 g/mol. The van der Waals surface area contributed by atoms with Crippen LogP contribution in [0.2, 0.25) is 0 Å². The fourth-order valence-corrected chi connectivity index (χ4v) is 3.06. The van der Waals surface area contributed by atoms with Crippen molar-refractivity contribution in [1.82, 2.24) is 25.2 Å². The van der Waals surface area contributed by atoms with Crippen molar-refractivity contribution in [2.75, 3.05) is 20.6 Å². The number of benzene rings is 2. The number of carbonyl (C=O) groups excluding carboxylic acids is 1. The second-order valence-corrected chi connectivity index (χ2v) is 6.92. The molecule has 3 rings (SSSR count). The number of amides is 1. The van der Waals surface area contributed by atoms with E-state index in [-0.39, 0.29) is 12.2 Å². The Morgan fingerprint density at radius 2 is 1.74 bits per heavy atom. The van der Waals surface area contributed by atoms with Gasteiger partial charge in [0.05, 0.1) is 11.7 Å². The summed E-state index contributed by atoms with van der Waals surface area (Å²) in [5, 5.41) is 9.18. The Kier molecular flexibility index (Phi) is 6.34. The van der Waals surface area contributed by atoms with Gasteiger partial charge >= 0.3 is 6.18 Å². The topological polar surface area (TPSA) is 63.1 Å². The molecule has 0 saturated carbocycles. The smallest absolute Gasteiger partial charge is 0.349 e. The van der Waals surface area contributed by atoms with E-state index in [0.29, 0.717) is 10.2 Å². The summed E-state index contributed by atoms with van der Waals surface area (Å²) in [5.41, 5.74) is -2.08. The van der Waals surface area contributed by atoms with Crippen LogP contribution in [-0.2, 0) is 6.18 Å². The van der Waals surface area contributed by atoms with Gasteiger partial charge in [0.2, 0.25) is 0 Å². The molecule has 1 amide bonds. The van der Waals surface area contributed by atoms with Crippen molar-refractivity contribution in [2.45, 2.75) is 12.2 Å². The largest absolute Gasteiger partial charge is 0.435 e. The van der Waals surface area contributed by atoms with Crippen LogP contribution >= 0.6 is 0 Å². The van der Waals surface area contributed by atoms with Crippen LogP contribution in [0.3, 0.4) is 0 Å². The van der Waals surface area contributed by atoms with Gasteiger partial charge in [0.1, 0.15) is 11.6 Å². The number of alkyl halides is 3. The molecule has 0 aliphatic heterocycles. The molecule has 0 saturated heterocycles. The standard InChI is InChI=1S/C20H18F5N5O/c1-29(2)16(12-5-3-6-13(21)9-12)11-26-19(31)17-18(20(23,24)25)30(28-27-17)15-8-4-7-14(22)10-15/h3-10,16H,11H2,1-2H3,(H,26,31). The number of halogens is 5. The highest BCUT2D eigenvalue weighted by molar-refractivity contribution is 5.93. The second-order valence-electron chi connectivity index (χ2n) is 6.92. The number of nitrogens with zero attached hydrogens (tertiary/aromatic N) is 4. The molecule has 0 radical (unpaired) electrons. The molecular formula is C20H18F5N5O. The van der Waals surface area contributed by atoms with E-state index in [1.807, 2.05) is 0 Å². The molecule has 164 valence electrons. The maximum absolute atomic E-state index is 13.7. The van der Waals surface area contributed by atoms with Crippen molar-refractivity contribution < 1.29 is 26.7 Å². The summed E-state index contributed by atoms with van der Waals surface area (Å²) in [5.74, 6) is -2.36. The van der Waals surface area contributed by atoms with Gasteiger partial charge in [-0.05, 0) is 50.0 Å². The molecule has 0 bridgehead atoms. The van der Waals surface area contributed by atoms with Crippen LogP contribution in [0.5, 0.6) is 0 Å². The molecule has 1 aromatic heterocycles. The molecule has 6 nitrogen and oxygen atoms in total. The van der Waals surface area contributed by atoms with Crippen LogP contribution in [-0.4, -0.2) is 46.4 Å². The van der Waals surface area contributed by atoms with Crippen LogP contribution < -0.4 is 5.32 Å². The Bertz CT molecular complexity index is 1080. The molecule has 1 heterocycles. The van der Waals surface area contributed by atoms with Gasteiger partial charge < -0.3 is 10.2 Å². The second kappa shape index (κ2) is 8.80. The lowest BCUT2D eigenvalue weighted by atomic mass is 10.1. The molecule has 0 fully saturated rings. The summed E-state index contributed by atoms with van der Waals surface area (Å²) in [7, 11) is 3.37. The summed E-state index contributed by atoms with van der Waals surface area (Å²) in [4.78, 5) is 14.2. The van der Waals surface area contributed by atoms with Gasteiger partial charge in [-0.2, -0.15) is 13.2 Å². The summed E-state index contributed by atoms with van der Waals surface area (Å²) >= 11 is 0. The Balaban J connectivity index is 1.89. The maximum atomic E-state index is 13.7. The summed E-state index contributed by atoms with van der Waals surface area (Å²) < 4.78 is 68.5. The predicted octanol–water partition coefficient (Wildman–Crippen LogP) is 3.60. The first kappa shape index (κ1) is 22.3. The Labute approximate surface area is 174 Å². The Hall–Kier alpha value is -3.34. The van der Waals surface area contributed by atoms with Gasteiger partial charge in [-0.3, -0.25) is 4.79 Å². The molecule has 0 aliphatic carbocycles. The van der Waals surface area contributed by atoms with Gasteiger partial charge in [-0.1, -0.05) is 23.4 Å². The number of aromatic nitrogens is 3. The van der Waals surface area contributed by atoms with Crippen LogP contribution in [0.15, 0.2) is 48.5 Å². The highest BCUT2D eigenvalue weighted by Gasteiger charge is 2.42. The lowest BCUT2D eigenvalue weighted by molar-refractivity contribution is -0.143. The van der Waals surface area contributed by atoms with E-state index in [0.717, 1.165) is 12.1 Å². The first-order chi connectivity index (χ1) is 14.6. The lowest BCUT2D eigenvalue weighted by Crippen LogP contribution is -2.35. The van der Waals surface area contributed by atoms with Crippen LogP contribution in [0.4, 0.5) is 22.0 Å². The van der Waals surface area contributed by atoms with Gasteiger partial charge in [-0.15, -0.1) is 5.10 Å². The number of rotatable bonds is 6. The molecule has 3 aromatic rings. The number of hydrogen-bond donors (Lipinski definition) is 1. The number of likely N-dealkylation sites (N-methyl/N-ethyl adjacent to an activating group) is 1. The minimum absolute atomic E-state index is 0.112. The van der Waals surface area contributed by atoms with E-state index < -0.39 is 41.1 Å². The zero-order valence-corrected chi connectivity index (χ0v) is 16.5. The van der Waals surface area contributed by atoms with Crippen molar-refractivity contribution in [3.63, 3.8) is 0 Å². The van der Waals surface area contributed by atoms with E-state index in [1.54, 1.807) is 25.1 Å². The molecule has 11 heteroatoms. The first-order valence-electron chi connectivity index (χ1n) is 9.07. The lowest BCUT2D eigenvalue weighted by Gasteiger charge is -2.25. The quantitative estimate of drug-likeness (QED) is 0.597. The Morgan fingerprint density at radius 3 is 2.32 bits per heavy atom. The molecule has 2 aromatic carbocycles. The summed E-state index contributed by atoms with van der Waals surface area (Å²) in [6.45, 7) is -0.112. The van der Waals surface area contributed by atoms with Crippen LogP contribution in [0.25, 0.3) is 5.69 Å². The van der Waals surface area contributed by atoms with Crippen LogP contribution in [0, 0.1) is 11.6 Å². The van der Waals surface area contributed by atoms with Crippen molar-refractivity contribution >= 4 is 5.91 Å². The molecule has 0 aliphatic rings. The van der Waals surface area contributed by atoms with Crippen molar-refractivity contribution in [3.05, 3.63) is 77.1 Å². The monoisotopic (exact) mass is 439 g/mol. The van der Waals surface area contributed by atoms with Crippen LogP contribution in [0.1, 0.15) is 27.8 Å². The third-order valence-electron chi connectivity index (χ3n) is 4.52. The Morgan fingerprint density at radius 1 is 1.10 bits per heavy atom. The zero-order valence-electron chi connectivity index (χ0n) is 16.5. The highest BCUT2D eigenvalue weighted by Crippen LogP contribution is 2.33. The third kappa shape index (κ3) is 5.05. The van der Waals surface area contributed by atoms with Crippen molar-refractivity contribution in [1.29, 1.82) is 0 Å². The minimum Gasteiger partial charge on any atom is -0.349 e. The van der Waals surface area contributed by atoms with Gasteiger partial charge in [0.25, 0.3) is 5.91 Å². The highest BCUT2D eigenvalue weighted by atomic mass is 19.4. The van der Waals surface area contributed by atoms with Gasteiger partial charge in [-0.25, -0.2) is 13.5 Å². The van der Waals surface area contributed by atoms with E-state index in [9.17, 15) is 26.7 Å². The maximum Gasteiger partial charge on any atom is 0.435 e. The molecule has 31 heavy (non-hydrogen) atoms. The number of carbonyl (C=O) groups is 1. The fourth-order valence-electron chi connectivity index (χ4n) is 3.06.